The topological polar surface area (TPSA) is 76.0 Å². The number of carbonyl (C=O) groups is 1. The molecular weight excluding hydrogens is 387 g/mol. The number of rotatable bonds is 4. The van der Waals surface area contributed by atoms with E-state index < -0.39 is 15.8 Å². The van der Waals surface area contributed by atoms with Crippen LogP contribution in [0, 0.1) is 11.8 Å². The molecule has 3 rings (SSSR count). The Balaban J connectivity index is 1.64. The molecule has 1 saturated carbocycles. The van der Waals surface area contributed by atoms with Crippen molar-refractivity contribution in [2.45, 2.75) is 28.8 Å². The number of ether oxygens (including phenoxy) is 2. The standard InChI is InChI=1S/C15H17IO5/c16-15-13(18)10(6-12(17)21-15)11(14(15)19)8-20-7-9-4-2-1-3-5-9/h1-5,10-11,13-14,18-19H,6-8H2/t10-,11+,13+,14-,15-/m1/s1. The van der Waals surface area contributed by atoms with E-state index in [1.165, 1.54) is 0 Å². The first kappa shape index (κ1) is 15.2. The van der Waals surface area contributed by atoms with Crippen molar-refractivity contribution < 1.29 is 24.5 Å². The van der Waals surface area contributed by atoms with E-state index >= 15 is 0 Å². The Morgan fingerprint density at radius 3 is 2.71 bits per heavy atom. The van der Waals surface area contributed by atoms with Gasteiger partial charge in [0.05, 0.1) is 19.6 Å². The summed E-state index contributed by atoms with van der Waals surface area (Å²) in [5.41, 5.74) is 1.05. The van der Waals surface area contributed by atoms with Crippen LogP contribution in [0.3, 0.4) is 0 Å². The number of aliphatic hydroxyl groups is 2. The first-order valence-electron chi connectivity index (χ1n) is 6.91. The summed E-state index contributed by atoms with van der Waals surface area (Å²) in [6, 6.07) is 9.74. The fourth-order valence-corrected chi connectivity index (χ4v) is 4.29. The maximum Gasteiger partial charge on any atom is 0.307 e. The van der Waals surface area contributed by atoms with E-state index in [-0.39, 0.29) is 24.2 Å². The highest BCUT2D eigenvalue weighted by atomic mass is 127. The van der Waals surface area contributed by atoms with Crippen LogP contribution >= 0.6 is 22.6 Å². The van der Waals surface area contributed by atoms with Gasteiger partial charge in [-0.05, 0) is 28.2 Å². The molecule has 1 saturated heterocycles. The number of alkyl halides is 1. The third-order valence-electron chi connectivity index (χ3n) is 4.26. The van der Waals surface area contributed by atoms with Crippen LogP contribution in [0.1, 0.15) is 12.0 Å². The van der Waals surface area contributed by atoms with Gasteiger partial charge in [0.1, 0.15) is 12.2 Å². The Hall–Kier alpha value is -0.700. The van der Waals surface area contributed by atoms with Gasteiger partial charge in [-0.25, -0.2) is 0 Å². The number of halogens is 1. The minimum absolute atomic E-state index is 0.127. The molecule has 1 aliphatic carbocycles. The Labute approximate surface area is 136 Å². The van der Waals surface area contributed by atoms with Gasteiger partial charge >= 0.3 is 5.97 Å². The van der Waals surface area contributed by atoms with Crippen LogP contribution in [0.5, 0.6) is 0 Å². The van der Waals surface area contributed by atoms with Crippen molar-refractivity contribution in [3.8, 4) is 0 Å². The summed E-state index contributed by atoms with van der Waals surface area (Å²) in [7, 11) is 0. The zero-order chi connectivity index (χ0) is 15.0. The molecular formula is C15H17IO5. The van der Waals surface area contributed by atoms with Gasteiger partial charge in [0.15, 0.2) is 0 Å². The molecule has 21 heavy (non-hydrogen) atoms. The van der Waals surface area contributed by atoms with Crippen LogP contribution in [0.15, 0.2) is 30.3 Å². The zero-order valence-electron chi connectivity index (χ0n) is 11.3. The van der Waals surface area contributed by atoms with Gasteiger partial charge in [-0.2, -0.15) is 0 Å². The summed E-state index contributed by atoms with van der Waals surface area (Å²) in [6.07, 6.45) is -1.64. The lowest BCUT2D eigenvalue weighted by molar-refractivity contribution is -0.171. The summed E-state index contributed by atoms with van der Waals surface area (Å²) in [6.45, 7) is 0.731. The third kappa shape index (κ3) is 2.69. The number of esters is 1. The van der Waals surface area contributed by atoms with E-state index in [2.05, 4.69) is 0 Å². The summed E-state index contributed by atoms with van der Waals surface area (Å²) in [5.74, 6) is -0.981. The van der Waals surface area contributed by atoms with E-state index in [0.29, 0.717) is 13.2 Å². The second-order valence-corrected chi connectivity index (χ2v) is 7.28. The lowest BCUT2D eigenvalue weighted by atomic mass is 9.91. The van der Waals surface area contributed by atoms with Crippen LogP contribution < -0.4 is 0 Å². The minimum Gasteiger partial charge on any atom is -0.443 e. The predicted octanol–water partition coefficient (Wildman–Crippen LogP) is 1.25. The summed E-state index contributed by atoms with van der Waals surface area (Å²) in [5, 5.41) is 20.6. The molecule has 2 fully saturated rings. The van der Waals surface area contributed by atoms with E-state index in [9.17, 15) is 15.0 Å². The second-order valence-electron chi connectivity index (χ2n) is 5.59. The molecule has 0 radical (unpaired) electrons. The largest absolute Gasteiger partial charge is 0.443 e. The third-order valence-corrected chi connectivity index (χ3v) is 5.76. The van der Waals surface area contributed by atoms with Crippen molar-refractivity contribution in [2.24, 2.45) is 11.8 Å². The Morgan fingerprint density at radius 1 is 1.29 bits per heavy atom. The van der Waals surface area contributed by atoms with Crippen molar-refractivity contribution in [2.75, 3.05) is 6.61 Å². The molecule has 114 valence electrons. The number of benzene rings is 1. The molecule has 1 aromatic carbocycles. The molecule has 5 atom stereocenters. The van der Waals surface area contributed by atoms with Crippen molar-refractivity contribution in [1.29, 1.82) is 0 Å². The minimum atomic E-state index is -1.24. The van der Waals surface area contributed by atoms with Gasteiger partial charge < -0.3 is 19.7 Å². The lowest BCUT2D eigenvalue weighted by Gasteiger charge is -2.33. The molecule has 0 aromatic heterocycles. The van der Waals surface area contributed by atoms with Crippen LogP contribution in [0.4, 0.5) is 0 Å². The van der Waals surface area contributed by atoms with E-state index in [1.54, 1.807) is 0 Å². The van der Waals surface area contributed by atoms with Crippen molar-refractivity contribution >= 4 is 28.6 Å². The summed E-state index contributed by atoms with van der Waals surface area (Å²) >= 11 is 1.84. The van der Waals surface area contributed by atoms with Gasteiger partial charge in [0.25, 0.3) is 0 Å². The lowest BCUT2D eigenvalue weighted by Crippen LogP contribution is -2.48. The van der Waals surface area contributed by atoms with Crippen LogP contribution in [-0.4, -0.2) is 38.6 Å². The van der Waals surface area contributed by atoms with E-state index in [4.69, 9.17) is 9.47 Å². The van der Waals surface area contributed by atoms with Crippen molar-refractivity contribution in [3.63, 3.8) is 0 Å². The Bertz CT molecular complexity index is 522. The molecule has 1 aliphatic heterocycles. The number of fused-ring (bicyclic) bond motifs is 2. The number of hydrogen-bond donors (Lipinski definition) is 2. The Morgan fingerprint density at radius 2 is 2.00 bits per heavy atom. The molecule has 6 heteroatoms. The Kier molecular flexibility index (Phi) is 4.22. The van der Waals surface area contributed by atoms with Crippen LogP contribution in [0.2, 0.25) is 0 Å². The fraction of sp³-hybridized carbons (Fsp3) is 0.533. The molecule has 0 unspecified atom stereocenters. The SMILES string of the molecule is O=C1C[C@@H]2[C@H](COCc3ccccc3)[C@@H](O)[C@](I)(O1)[C@H]2O. The van der Waals surface area contributed by atoms with Crippen molar-refractivity contribution in [3.05, 3.63) is 35.9 Å². The van der Waals surface area contributed by atoms with Gasteiger partial charge in [-0.15, -0.1) is 0 Å². The average molecular weight is 404 g/mol. The van der Waals surface area contributed by atoms with Gasteiger partial charge in [0, 0.05) is 11.8 Å². The monoisotopic (exact) mass is 404 g/mol. The normalized spacial score (nSPS) is 38.3. The molecule has 2 bridgehead atoms. The zero-order valence-corrected chi connectivity index (χ0v) is 13.5. The van der Waals surface area contributed by atoms with Gasteiger partial charge in [-0.3, -0.25) is 4.79 Å². The quantitative estimate of drug-likeness (QED) is 0.449. The van der Waals surface area contributed by atoms with E-state index in [0.717, 1.165) is 5.56 Å². The average Bonchev–Trinajstić information content (AvgIpc) is 2.58. The molecule has 2 aliphatic rings. The fourth-order valence-electron chi connectivity index (χ4n) is 3.12. The first-order chi connectivity index (χ1) is 10.0. The summed E-state index contributed by atoms with van der Waals surface area (Å²) < 4.78 is 9.61. The molecule has 1 heterocycles. The number of hydrogen-bond acceptors (Lipinski definition) is 5. The molecule has 0 amide bonds. The maximum absolute atomic E-state index is 11.6. The number of carbonyl (C=O) groups excluding carboxylic acids is 1. The smallest absolute Gasteiger partial charge is 0.307 e. The van der Waals surface area contributed by atoms with Crippen LogP contribution in [-0.2, 0) is 20.9 Å². The molecule has 0 spiro atoms. The number of aliphatic hydroxyl groups excluding tert-OH is 2. The highest BCUT2D eigenvalue weighted by molar-refractivity contribution is 14.1. The van der Waals surface area contributed by atoms with Gasteiger partial charge in [0.2, 0.25) is 3.61 Å². The first-order valence-corrected chi connectivity index (χ1v) is 7.99. The van der Waals surface area contributed by atoms with Crippen LogP contribution in [0.25, 0.3) is 0 Å². The second kappa shape index (κ2) is 5.83. The van der Waals surface area contributed by atoms with E-state index in [1.807, 2.05) is 52.9 Å². The molecule has 2 N–H and O–H groups in total. The molecule has 5 nitrogen and oxygen atoms in total. The highest BCUT2D eigenvalue weighted by Gasteiger charge is 2.64. The summed E-state index contributed by atoms with van der Waals surface area (Å²) in [4.78, 5) is 11.6. The maximum atomic E-state index is 11.6. The van der Waals surface area contributed by atoms with Crippen molar-refractivity contribution in [1.82, 2.24) is 0 Å². The molecule has 1 aromatic rings. The van der Waals surface area contributed by atoms with Gasteiger partial charge in [-0.1, -0.05) is 30.3 Å². The highest BCUT2D eigenvalue weighted by Crippen LogP contribution is 2.51. The predicted molar refractivity (Wildman–Crippen MR) is 82.6 cm³/mol.